The highest BCUT2D eigenvalue weighted by Gasteiger charge is 1.99. The molecule has 1 aromatic heterocycles. The third-order valence-corrected chi connectivity index (χ3v) is 2.50. The van der Waals surface area contributed by atoms with Crippen molar-refractivity contribution in [3.05, 3.63) is 23.4 Å². The molecule has 0 N–H and O–H groups in total. The number of unbranched alkanes of at least 4 members (excludes halogenated alkanes) is 1. The Hall–Kier alpha value is -1.05. The average Bonchev–Trinajstić information content (AvgIpc) is 2.15. The quantitative estimate of drug-likeness (QED) is 0.680. The van der Waals surface area contributed by atoms with Crippen LogP contribution in [-0.4, -0.2) is 11.6 Å². The second kappa shape index (κ2) is 6.51. The van der Waals surface area contributed by atoms with E-state index in [1.807, 2.05) is 13.0 Å². The fraction of sp³-hybridized carbons (Fsp3) is 0.643. The highest BCUT2D eigenvalue weighted by molar-refractivity contribution is 5.23. The highest BCUT2D eigenvalue weighted by Crippen LogP contribution is 2.12. The van der Waals surface area contributed by atoms with Gasteiger partial charge in [0.15, 0.2) is 0 Å². The number of nitrogens with zero attached hydrogens (tertiary/aromatic N) is 1. The fourth-order valence-electron chi connectivity index (χ4n) is 1.71. The molecule has 90 valence electrons. The van der Waals surface area contributed by atoms with Crippen molar-refractivity contribution in [1.29, 1.82) is 0 Å². The molecule has 0 aliphatic carbocycles. The summed E-state index contributed by atoms with van der Waals surface area (Å²) in [5.74, 6) is 1.56. The minimum Gasteiger partial charge on any atom is -0.478 e. The van der Waals surface area contributed by atoms with Crippen LogP contribution in [0.15, 0.2) is 12.1 Å². The van der Waals surface area contributed by atoms with Gasteiger partial charge in [0.1, 0.15) is 0 Å². The van der Waals surface area contributed by atoms with Crippen molar-refractivity contribution in [3.63, 3.8) is 0 Å². The van der Waals surface area contributed by atoms with Gasteiger partial charge in [-0.2, -0.15) is 0 Å². The van der Waals surface area contributed by atoms with E-state index >= 15 is 0 Å². The van der Waals surface area contributed by atoms with E-state index < -0.39 is 0 Å². The average molecular weight is 221 g/mol. The van der Waals surface area contributed by atoms with Crippen molar-refractivity contribution in [1.82, 2.24) is 4.98 Å². The molecule has 0 bridgehead atoms. The molecular formula is C14H23NO. The Morgan fingerprint density at radius 3 is 2.56 bits per heavy atom. The molecule has 16 heavy (non-hydrogen) atoms. The Kier molecular flexibility index (Phi) is 5.30. The molecule has 2 nitrogen and oxygen atoms in total. The van der Waals surface area contributed by atoms with Gasteiger partial charge in [-0.15, -0.1) is 0 Å². The lowest BCUT2D eigenvalue weighted by molar-refractivity contribution is 0.290. The summed E-state index contributed by atoms with van der Waals surface area (Å²) in [7, 11) is 0. The lowest BCUT2D eigenvalue weighted by Crippen LogP contribution is -2.01. The van der Waals surface area contributed by atoms with Gasteiger partial charge >= 0.3 is 0 Å². The standard InChI is InChI=1S/C14H23NO/c1-11(2)7-5-6-8-16-14-10-12(3)9-13(4)15-14/h9-11H,5-8H2,1-4H3. The van der Waals surface area contributed by atoms with Crippen LogP contribution < -0.4 is 4.74 Å². The van der Waals surface area contributed by atoms with Crippen molar-refractivity contribution in [2.24, 2.45) is 5.92 Å². The van der Waals surface area contributed by atoms with Gasteiger partial charge in [0.05, 0.1) is 6.61 Å². The minimum atomic E-state index is 0.766. The molecule has 1 rings (SSSR count). The first kappa shape index (κ1) is 13.0. The summed E-state index contributed by atoms with van der Waals surface area (Å²) in [4.78, 5) is 4.34. The molecule has 1 aromatic rings. The van der Waals surface area contributed by atoms with Crippen LogP contribution in [0.3, 0.4) is 0 Å². The van der Waals surface area contributed by atoms with E-state index in [2.05, 4.69) is 31.8 Å². The van der Waals surface area contributed by atoms with E-state index in [0.29, 0.717) is 0 Å². The number of aryl methyl sites for hydroxylation is 2. The lowest BCUT2D eigenvalue weighted by atomic mass is 10.1. The topological polar surface area (TPSA) is 22.1 Å². The van der Waals surface area contributed by atoms with E-state index in [9.17, 15) is 0 Å². The summed E-state index contributed by atoms with van der Waals surface area (Å²) < 4.78 is 5.64. The van der Waals surface area contributed by atoms with E-state index in [1.165, 1.54) is 18.4 Å². The first-order valence-electron chi connectivity index (χ1n) is 6.16. The maximum absolute atomic E-state index is 5.64. The fourth-order valence-corrected chi connectivity index (χ4v) is 1.71. The van der Waals surface area contributed by atoms with Gasteiger partial charge in [-0.25, -0.2) is 4.98 Å². The molecule has 0 aliphatic heterocycles. The maximum atomic E-state index is 5.64. The van der Waals surface area contributed by atoms with Crippen LogP contribution in [-0.2, 0) is 0 Å². The Bertz CT molecular complexity index is 300. The molecule has 0 aliphatic rings. The number of hydrogen-bond donors (Lipinski definition) is 0. The van der Waals surface area contributed by atoms with Crippen LogP contribution >= 0.6 is 0 Å². The van der Waals surface area contributed by atoms with E-state index in [0.717, 1.165) is 30.5 Å². The highest BCUT2D eigenvalue weighted by atomic mass is 16.5. The summed E-state index contributed by atoms with van der Waals surface area (Å²) in [5, 5.41) is 0. The van der Waals surface area contributed by atoms with Gasteiger partial charge in [0.2, 0.25) is 5.88 Å². The van der Waals surface area contributed by atoms with Crippen LogP contribution in [0.1, 0.15) is 44.4 Å². The largest absolute Gasteiger partial charge is 0.478 e. The summed E-state index contributed by atoms with van der Waals surface area (Å²) >= 11 is 0. The Balaban J connectivity index is 2.26. The van der Waals surface area contributed by atoms with Crippen LogP contribution in [0, 0.1) is 19.8 Å². The summed E-state index contributed by atoms with van der Waals surface area (Å²) in [6.07, 6.45) is 3.64. The number of hydrogen-bond acceptors (Lipinski definition) is 2. The predicted octanol–water partition coefficient (Wildman–Crippen LogP) is 3.90. The summed E-state index contributed by atoms with van der Waals surface area (Å²) in [5.41, 5.74) is 2.24. The van der Waals surface area contributed by atoms with E-state index in [1.54, 1.807) is 0 Å². The molecule has 0 amide bonds. The van der Waals surface area contributed by atoms with Crippen molar-refractivity contribution in [2.75, 3.05) is 6.61 Å². The molecule has 0 fully saturated rings. The van der Waals surface area contributed by atoms with Crippen molar-refractivity contribution in [3.8, 4) is 5.88 Å². The molecule has 0 spiro atoms. The summed E-state index contributed by atoms with van der Waals surface area (Å²) in [6.45, 7) is 9.36. The Labute approximate surface area is 99.0 Å². The number of aromatic nitrogens is 1. The van der Waals surface area contributed by atoms with Gasteiger partial charge in [0.25, 0.3) is 0 Å². The monoisotopic (exact) mass is 221 g/mol. The van der Waals surface area contributed by atoms with E-state index in [-0.39, 0.29) is 0 Å². The normalized spacial score (nSPS) is 10.8. The van der Waals surface area contributed by atoms with Crippen LogP contribution in [0.4, 0.5) is 0 Å². The number of rotatable bonds is 6. The van der Waals surface area contributed by atoms with Gasteiger partial charge in [-0.3, -0.25) is 0 Å². The molecule has 2 heteroatoms. The Morgan fingerprint density at radius 2 is 1.94 bits per heavy atom. The zero-order chi connectivity index (χ0) is 12.0. The Morgan fingerprint density at radius 1 is 1.19 bits per heavy atom. The number of pyridine rings is 1. The van der Waals surface area contributed by atoms with Crippen molar-refractivity contribution >= 4 is 0 Å². The third kappa shape index (κ3) is 5.15. The molecule has 1 heterocycles. The molecule has 0 radical (unpaired) electrons. The van der Waals surface area contributed by atoms with Gasteiger partial charge in [-0.1, -0.05) is 20.3 Å². The van der Waals surface area contributed by atoms with Gasteiger partial charge in [0, 0.05) is 11.8 Å². The predicted molar refractivity (Wildman–Crippen MR) is 67.9 cm³/mol. The zero-order valence-electron chi connectivity index (χ0n) is 10.9. The molecule has 0 aromatic carbocycles. The van der Waals surface area contributed by atoms with Gasteiger partial charge < -0.3 is 4.74 Å². The van der Waals surface area contributed by atoms with Crippen LogP contribution in [0.25, 0.3) is 0 Å². The van der Waals surface area contributed by atoms with Gasteiger partial charge in [-0.05, 0) is 44.2 Å². The maximum Gasteiger partial charge on any atom is 0.213 e. The van der Waals surface area contributed by atoms with Crippen molar-refractivity contribution in [2.45, 2.75) is 47.0 Å². The molecule has 0 saturated carbocycles. The van der Waals surface area contributed by atoms with E-state index in [4.69, 9.17) is 4.74 Å². The second-order valence-corrected chi connectivity index (χ2v) is 4.86. The van der Waals surface area contributed by atoms with Crippen molar-refractivity contribution < 1.29 is 4.74 Å². The minimum absolute atomic E-state index is 0.766. The number of ether oxygens (including phenoxy) is 1. The zero-order valence-corrected chi connectivity index (χ0v) is 10.9. The molecular weight excluding hydrogens is 198 g/mol. The van der Waals surface area contributed by atoms with Crippen LogP contribution in [0.2, 0.25) is 0 Å². The second-order valence-electron chi connectivity index (χ2n) is 4.86. The smallest absolute Gasteiger partial charge is 0.213 e. The van der Waals surface area contributed by atoms with Crippen LogP contribution in [0.5, 0.6) is 5.88 Å². The first-order valence-corrected chi connectivity index (χ1v) is 6.16. The molecule has 0 saturated heterocycles. The molecule has 0 unspecified atom stereocenters. The first-order chi connectivity index (χ1) is 7.58. The molecule has 0 atom stereocenters. The SMILES string of the molecule is Cc1cc(C)nc(OCCCCC(C)C)c1. The lowest BCUT2D eigenvalue weighted by Gasteiger charge is -2.07. The summed E-state index contributed by atoms with van der Waals surface area (Å²) in [6, 6.07) is 4.06. The third-order valence-electron chi connectivity index (χ3n) is 2.50.